The van der Waals surface area contributed by atoms with Gasteiger partial charge >= 0.3 is 6.03 Å². The van der Waals surface area contributed by atoms with Crippen molar-refractivity contribution in [3.8, 4) is 6.07 Å². The average molecular weight is 308 g/mol. The molecule has 1 fully saturated rings. The summed E-state index contributed by atoms with van der Waals surface area (Å²) in [6, 6.07) is 6.64. The van der Waals surface area contributed by atoms with E-state index in [-0.39, 0.29) is 12.1 Å². The second kappa shape index (κ2) is 7.30. The zero-order valence-electron chi connectivity index (χ0n) is 11.9. The van der Waals surface area contributed by atoms with E-state index in [2.05, 4.69) is 5.32 Å². The molecular formula is C15H18ClN3O2. The third kappa shape index (κ3) is 4.10. The van der Waals surface area contributed by atoms with Crippen LogP contribution in [0.4, 0.5) is 10.5 Å². The fraction of sp³-hybridized carbons (Fsp3) is 0.467. The minimum Gasteiger partial charge on any atom is -0.376 e. The lowest BCUT2D eigenvalue weighted by atomic mass is 10.2. The van der Waals surface area contributed by atoms with Crippen LogP contribution in [0.2, 0.25) is 5.02 Å². The van der Waals surface area contributed by atoms with Crippen molar-refractivity contribution in [2.24, 2.45) is 0 Å². The molecule has 1 aromatic carbocycles. The number of nitrogens with one attached hydrogen (secondary N) is 1. The van der Waals surface area contributed by atoms with Gasteiger partial charge in [-0.15, -0.1) is 0 Å². The molecule has 1 saturated heterocycles. The Morgan fingerprint density at radius 3 is 3.00 bits per heavy atom. The van der Waals surface area contributed by atoms with Gasteiger partial charge in [0.2, 0.25) is 0 Å². The average Bonchev–Trinajstić information content (AvgIpc) is 2.98. The molecule has 2 amide bonds. The number of halogens is 1. The molecule has 5 nitrogen and oxygen atoms in total. The molecule has 1 N–H and O–H groups in total. The van der Waals surface area contributed by atoms with Crippen molar-refractivity contribution in [3.05, 3.63) is 28.8 Å². The highest BCUT2D eigenvalue weighted by Gasteiger charge is 2.21. The minimum absolute atomic E-state index is 0.125. The predicted octanol–water partition coefficient (Wildman–Crippen LogP) is 3.24. The fourth-order valence-electron chi connectivity index (χ4n) is 2.28. The number of hydrogen-bond acceptors (Lipinski definition) is 3. The summed E-state index contributed by atoms with van der Waals surface area (Å²) >= 11 is 5.96. The van der Waals surface area contributed by atoms with Crippen molar-refractivity contribution < 1.29 is 9.53 Å². The van der Waals surface area contributed by atoms with E-state index < -0.39 is 0 Å². The second-order valence-electron chi connectivity index (χ2n) is 4.91. The number of carbonyl (C=O) groups excluding carboxylic acids is 1. The van der Waals surface area contributed by atoms with Gasteiger partial charge in [0.25, 0.3) is 0 Å². The number of anilines is 1. The Bertz CT molecular complexity index is 550. The van der Waals surface area contributed by atoms with Crippen LogP contribution < -0.4 is 5.32 Å². The van der Waals surface area contributed by atoms with Crippen LogP contribution in [0, 0.1) is 11.3 Å². The smallest absolute Gasteiger partial charge is 0.321 e. The van der Waals surface area contributed by atoms with Gasteiger partial charge in [0, 0.05) is 25.4 Å². The van der Waals surface area contributed by atoms with Gasteiger partial charge in [-0.05, 0) is 38.0 Å². The van der Waals surface area contributed by atoms with E-state index in [1.807, 2.05) is 13.0 Å². The Labute approximate surface area is 129 Å². The Morgan fingerprint density at radius 1 is 1.62 bits per heavy atom. The molecule has 1 heterocycles. The molecule has 1 atom stereocenters. The molecule has 6 heteroatoms. The van der Waals surface area contributed by atoms with Crippen LogP contribution in [0.3, 0.4) is 0 Å². The Morgan fingerprint density at radius 2 is 2.43 bits per heavy atom. The highest BCUT2D eigenvalue weighted by Crippen LogP contribution is 2.21. The van der Waals surface area contributed by atoms with Gasteiger partial charge in [0.15, 0.2) is 0 Å². The molecule has 0 saturated carbocycles. The first kappa shape index (κ1) is 15.6. The summed E-state index contributed by atoms with van der Waals surface area (Å²) in [4.78, 5) is 14.0. The summed E-state index contributed by atoms with van der Waals surface area (Å²) in [5.41, 5.74) is 0.969. The summed E-state index contributed by atoms with van der Waals surface area (Å²) in [6.45, 7) is 3.90. The highest BCUT2D eigenvalue weighted by molar-refractivity contribution is 6.32. The van der Waals surface area contributed by atoms with Crippen molar-refractivity contribution in [2.75, 3.05) is 25.0 Å². The molecule has 1 aromatic rings. The molecule has 0 radical (unpaired) electrons. The predicted molar refractivity (Wildman–Crippen MR) is 81.4 cm³/mol. The number of amides is 2. The fourth-order valence-corrected chi connectivity index (χ4v) is 2.50. The van der Waals surface area contributed by atoms with Crippen LogP contribution in [-0.2, 0) is 4.74 Å². The van der Waals surface area contributed by atoms with E-state index in [1.54, 1.807) is 23.1 Å². The Kier molecular flexibility index (Phi) is 5.43. The van der Waals surface area contributed by atoms with Crippen molar-refractivity contribution in [2.45, 2.75) is 25.9 Å². The quantitative estimate of drug-likeness (QED) is 0.928. The largest absolute Gasteiger partial charge is 0.376 e. The van der Waals surface area contributed by atoms with E-state index in [0.29, 0.717) is 29.4 Å². The van der Waals surface area contributed by atoms with E-state index in [9.17, 15) is 4.79 Å². The lowest BCUT2D eigenvalue weighted by molar-refractivity contribution is 0.0849. The zero-order valence-corrected chi connectivity index (χ0v) is 12.7. The van der Waals surface area contributed by atoms with Crippen LogP contribution in [0.5, 0.6) is 0 Å². The Hall–Kier alpha value is -1.77. The molecular weight excluding hydrogens is 290 g/mol. The summed E-state index contributed by atoms with van der Waals surface area (Å²) < 4.78 is 5.56. The number of hydrogen-bond donors (Lipinski definition) is 1. The molecule has 0 aliphatic carbocycles. The first-order valence-corrected chi connectivity index (χ1v) is 7.39. The number of rotatable bonds is 4. The third-order valence-corrected chi connectivity index (χ3v) is 3.77. The third-order valence-electron chi connectivity index (χ3n) is 3.46. The molecule has 0 aromatic heterocycles. The molecule has 1 aliphatic rings. The van der Waals surface area contributed by atoms with Gasteiger partial charge in [0.1, 0.15) is 6.07 Å². The van der Waals surface area contributed by atoms with Gasteiger partial charge in [-0.1, -0.05) is 11.6 Å². The van der Waals surface area contributed by atoms with Crippen LogP contribution in [-0.4, -0.2) is 36.7 Å². The topological polar surface area (TPSA) is 65.4 Å². The van der Waals surface area contributed by atoms with Crippen molar-refractivity contribution >= 4 is 23.3 Å². The van der Waals surface area contributed by atoms with Gasteiger partial charge < -0.3 is 15.0 Å². The Balaban J connectivity index is 1.98. The summed E-state index contributed by atoms with van der Waals surface area (Å²) in [5.74, 6) is 0. The van der Waals surface area contributed by atoms with Gasteiger partial charge in [-0.25, -0.2) is 4.79 Å². The van der Waals surface area contributed by atoms with Crippen LogP contribution in [0.15, 0.2) is 18.2 Å². The van der Waals surface area contributed by atoms with Gasteiger partial charge in [-0.3, -0.25) is 0 Å². The van der Waals surface area contributed by atoms with Crippen LogP contribution >= 0.6 is 11.6 Å². The number of likely N-dealkylation sites (N-methyl/N-ethyl adjacent to an activating group) is 1. The van der Waals surface area contributed by atoms with E-state index in [4.69, 9.17) is 21.6 Å². The minimum atomic E-state index is -0.186. The van der Waals surface area contributed by atoms with Gasteiger partial charge in [-0.2, -0.15) is 5.26 Å². The SMILES string of the molecule is CCN(C[C@@H]1CCCO1)C(=O)Nc1ccc(C#N)c(Cl)c1. The molecule has 0 unspecified atom stereocenters. The molecule has 0 bridgehead atoms. The lowest BCUT2D eigenvalue weighted by Crippen LogP contribution is -2.39. The maximum Gasteiger partial charge on any atom is 0.321 e. The highest BCUT2D eigenvalue weighted by atomic mass is 35.5. The van der Waals surface area contributed by atoms with E-state index in [0.717, 1.165) is 19.4 Å². The number of nitrogens with zero attached hydrogens (tertiary/aromatic N) is 2. The normalized spacial score (nSPS) is 17.3. The monoisotopic (exact) mass is 307 g/mol. The second-order valence-corrected chi connectivity index (χ2v) is 5.32. The number of ether oxygens (including phenoxy) is 1. The van der Waals surface area contributed by atoms with E-state index in [1.165, 1.54) is 0 Å². The lowest BCUT2D eigenvalue weighted by Gasteiger charge is -2.24. The number of benzene rings is 1. The molecule has 2 rings (SSSR count). The van der Waals surface area contributed by atoms with Crippen LogP contribution in [0.1, 0.15) is 25.3 Å². The van der Waals surface area contributed by atoms with E-state index >= 15 is 0 Å². The number of carbonyl (C=O) groups is 1. The van der Waals surface area contributed by atoms with Crippen molar-refractivity contribution in [1.29, 1.82) is 5.26 Å². The van der Waals surface area contributed by atoms with Gasteiger partial charge in [0.05, 0.1) is 16.7 Å². The first-order chi connectivity index (χ1) is 10.1. The molecule has 1 aliphatic heterocycles. The number of nitriles is 1. The van der Waals surface area contributed by atoms with Crippen molar-refractivity contribution in [3.63, 3.8) is 0 Å². The zero-order chi connectivity index (χ0) is 15.2. The van der Waals surface area contributed by atoms with Crippen molar-refractivity contribution in [1.82, 2.24) is 4.90 Å². The summed E-state index contributed by atoms with van der Waals surface area (Å²) in [7, 11) is 0. The van der Waals surface area contributed by atoms with Crippen LogP contribution in [0.25, 0.3) is 0 Å². The maximum absolute atomic E-state index is 12.2. The standard InChI is InChI=1S/C15H18ClN3O2/c1-2-19(10-13-4-3-7-21-13)15(20)18-12-6-5-11(9-17)14(16)8-12/h5-6,8,13H,2-4,7,10H2,1H3,(H,18,20)/t13-/m0/s1. The first-order valence-electron chi connectivity index (χ1n) is 7.01. The molecule has 112 valence electrons. The summed E-state index contributed by atoms with van der Waals surface area (Å²) in [5, 5.41) is 12.0. The molecule has 21 heavy (non-hydrogen) atoms. The summed E-state index contributed by atoms with van der Waals surface area (Å²) in [6.07, 6.45) is 2.17. The molecule has 0 spiro atoms. The number of urea groups is 1. The maximum atomic E-state index is 12.2.